The Kier molecular flexibility index (Phi) is 4.59. The quantitative estimate of drug-likeness (QED) is 0.718. The molecule has 0 atom stereocenters. The Hall–Kier alpha value is -2.47. The van der Waals surface area contributed by atoms with Gasteiger partial charge in [0.2, 0.25) is 0 Å². The molecule has 0 aliphatic carbocycles. The number of hydrogen-bond donors (Lipinski definition) is 0. The number of aromatic nitrogens is 4. The highest BCUT2D eigenvalue weighted by atomic mass is 19.1. The van der Waals surface area contributed by atoms with Gasteiger partial charge in [0.05, 0.1) is 23.6 Å². The van der Waals surface area contributed by atoms with E-state index < -0.39 is 0 Å². The highest BCUT2D eigenvalue weighted by molar-refractivity contribution is 5.31. The predicted octanol–water partition coefficient (Wildman–Crippen LogP) is 3.66. The maximum Gasteiger partial charge on any atom is 0.123 e. The topological polar surface area (TPSA) is 38.9 Å². The summed E-state index contributed by atoms with van der Waals surface area (Å²) in [4.78, 5) is 2.47. The number of piperidine rings is 1. The van der Waals surface area contributed by atoms with Gasteiger partial charge >= 0.3 is 0 Å². The summed E-state index contributed by atoms with van der Waals surface area (Å²) in [5, 5.41) is 9.06. The summed E-state index contributed by atoms with van der Waals surface area (Å²) in [6.45, 7) is 7.20. The second kappa shape index (κ2) is 7.03. The third-order valence-electron chi connectivity index (χ3n) is 5.08. The van der Waals surface area contributed by atoms with E-state index in [0.717, 1.165) is 43.9 Å². The molecule has 6 heteroatoms. The van der Waals surface area contributed by atoms with E-state index in [1.165, 1.54) is 23.4 Å². The van der Waals surface area contributed by atoms with Crippen LogP contribution in [0.4, 0.5) is 4.39 Å². The van der Waals surface area contributed by atoms with E-state index in [-0.39, 0.29) is 5.82 Å². The maximum atomic E-state index is 13.1. The van der Waals surface area contributed by atoms with E-state index in [4.69, 9.17) is 0 Å². The molecule has 1 saturated heterocycles. The lowest BCUT2D eigenvalue weighted by Gasteiger charge is -2.32. The van der Waals surface area contributed by atoms with Crippen LogP contribution in [0, 0.1) is 19.7 Å². The molecular formula is C20H24FN5. The summed E-state index contributed by atoms with van der Waals surface area (Å²) in [6.07, 6.45) is 6.17. The van der Waals surface area contributed by atoms with Crippen molar-refractivity contribution in [2.75, 3.05) is 13.1 Å². The number of hydrogen-bond acceptors (Lipinski definition) is 3. The number of aryl methyl sites for hydroxylation is 2. The molecule has 1 fully saturated rings. The van der Waals surface area contributed by atoms with Crippen molar-refractivity contribution in [1.29, 1.82) is 0 Å². The second-order valence-corrected chi connectivity index (χ2v) is 7.15. The Bertz CT molecular complexity index is 872. The fourth-order valence-corrected chi connectivity index (χ4v) is 3.77. The summed E-state index contributed by atoms with van der Waals surface area (Å²) in [5.41, 5.74) is 4.40. The summed E-state index contributed by atoms with van der Waals surface area (Å²) in [6, 6.07) is 9.05. The van der Waals surface area contributed by atoms with Gasteiger partial charge in [-0.2, -0.15) is 10.2 Å². The van der Waals surface area contributed by atoms with E-state index >= 15 is 0 Å². The van der Waals surface area contributed by atoms with Gasteiger partial charge in [-0.15, -0.1) is 0 Å². The van der Waals surface area contributed by atoms with E-state index in [1.807, 2.05) is 12.4 Å². The van der Waals surface area contributed by atoms with Crippen molar-refractivity contribution in [3.05, 3.63) is 65.5 Å². The first kappa shape index (κ1) is 17.0. The molecule has 5 nitrogen and oxygen atoms in total. The van der Waals surface area contributed by atoms with Gasteiger partial charge in [0, 0.05) is 37.1 Å². The summed E-state index contributed by atoms with van der Waals surface area (Å²) < 4.78 is 17.1. The maximum absolute atomic E-state index is 13.1. The molecule has 0 N–H and O–H groups in total. The molecule has 3 aromatic rings. The molecule has 1 aliphatic heterocycles. The molecule has 4 rings (SSSR count). The van der Waals surface area contributed by atoms with Crippen LogP contribution in [0.1, 0.15) is 35.8 Å². The van der Waals surface area contributed by atoms with Crippen molar-refractivity contribution >= 4 is 0 Å². The van der Waals surface area contributed by atoms with Crippen molar-refractivity contribution in [1.82, 2.24) is 24.5 Å². The summed E-state index contributed by atoms with van der Waals surface area (Å²) in [5.74, 6) is -0.230. The minimum Gasteiger partial charge on any atom is -0.299 e. The SMILES string of the molecule is Cc1cc(C)n(C2CCN(Cc3cnn(-c4ccc(F)cc4)c3)CC2)n1. The lowest BCUT2D eigenvalue weighted by molar-refractivity contribution is 0.172. The minimum atomic E-state index is -0.230. The first-order valence-corrected chi connectivity index (χ1v) is 9.13. The van der Waals surface area contributed by atoms with E-state index in [9.17, 15) is 4.39 Å². The minimum absolute atomic E-state index is 0.230. The van der Waals surface area contributed by atoms with Crippen LogP contribution in [-0.2, 0) is 6.54 Å². The summed E-state index contributed by atoms with van der Waals surface area (Å²) >= 11 is 0. The molecule has 0 bridgehead atoms. The molecule has 0 spiro atoms. The number of nitrogens with zero attached hydrogens (tertiary/aromatic N) is 5. The monoisotopic (exact) mass is 353 g/mol. The van der Waals surface area contributed by atoms with Crippen LogP contribution < -0.4 is 0 Å². The highest BCUT2D eigenvalue weighted by Crippen LogP contribution is 2.25. The van der Waals surface area contributed by atoms with Crippen molar-refractivity contribution in [2.24, 2.45) is 0 Å². The van der Waals surface area contributed by atoms with Gasteiger partial charge in [0.1, 0.15) is 5.82 Å². The fraction of sp³-hybridized carbons (Fsp3) is 0.400. The first-order valence-electron chi connectivity index (χ1n) is 9.13. The van der Waals surface area contributed by atoms with Crippen LogP contribution in [-0.4, -0.2) is 37.6 Å². The molecule has 0 amide bonds. The van der Waals surface area contributed by atoms with Crippen LogP contribution in [0.2, 0.25) is 0 Å². The second-order valence-electron chi connectivity index (χ2n) is 7.15. The van der Waals surface area contributed by atoms with Crippen LogP contribution in [0.3, 0.4) is 0 Å². The smallest absolute Gasteiger partial charge is 0.123 e. The standard InChI is InChI=1S/C20H24FN5/c1-15-11-16(2)26(23-15)20-7-9-24(10-8-20)13-17-12-22-25(14-17)19-5-3-18(21)4-6-19/h3-6,11-12,14,20H,7-10,13H2,1-2H3. The van der Waals surface area contributed by atoms with Crippen LogP contribution in [0.5, 0.6) is 0 Å². The Morgan fingerprint density at radius 2 is 1.85 bits per heavy atom. The van der Waals surface area contributed by atoms with Crippen LogP contribution in [0.15, 0.2) is 42.7 Å². The van der Waals surface area contributed by atoms with Crippen molar-refractivity contribution in [3.8, 4) is 5.69 Å². The molecule has 1 aromatic carbocycles. The zero-order valence-electron chi connectivity index (χ0n) is 15.3. The van der Waals surface area contributed by atoms with E-state index in [2.05, 4.69) is 39.7 Å². The molecular weight excluding hydrogens is 329 g/mol. The van der Waals surface area contributed by atoms with Gasteiger partial charge in [-0.05, 0) is 57.0 Å². The first-order chi connectivity index (χ1) is 12.6. The zero-order valence-corrected chi connectivity index (χ0v) is 15.3. The summed E-state index contributed by atoms with van der Waals surface area (Å²) in [7, 11) is 0. The van der Waals surface area contributed by atoms with Gasteiger partial charge < -0.3 is 0 Å². The third kappa shape index (κ3) is 3.55. The number of benzene rings is 1. The van der Waals surface area contributed by atoms with Crippen LogP contribution in [0.25, 0.3) is 5.69 Å². The third-order valence-corrected chi connectivity index (χ3v) is 5.08. The van der Waals surface area contributed by atoms with E-state index in [1.54, 1.807) is 16.8 Å². The van der Waals surface area contributed by atoms with Crippen molar-refractivity contribution < 1.29 is 4.39 Å². The van der Waals surface area contributed by atoms with Gasteiger partial charge in [-0.1, -0.05) is 0 Å². The Balaban J connectivity index is 1.36. The lowest BCUT2D eigenvalue weighted by Crippen LogP contribution is -2.34. The van der Waals surface area contributed by atoms with Crippen LogP contribution >= 0.6 is 0 Å². The molecule has 0 radical (unpaired) electrons. The average Bonchev–Trinajstić information content (AvgIpc) is 3.22. The predicted molar refractivity (Wildman–Crippen MR) is 98.8 cm³/mol. The Morgan fingerprint density at radius 1 is 1.12 bits per heavy atom. The van der Waals surface area contributed by atoms with Gasteiger partial charge in [0.15, 0.2) is 0 Å². The molecule has 26 heavy (non-hydrogen) atoms. The number of halogens is 1. The molecule has 1 aliphatic rings. The normalized spacial score (nSPS) is 16.3. The zero-order chi connectivity index (χ0) is 18.1. The lowest BCUT2D eigenvalue weighted by atomic mass is 10.0. The van der Waals surface area contributed by atoms with Gasteiger partial charge in [-0.3, -0.25) is 9.58 Å². The molecule has 136 valence electrons. The average molecular weight is 353 g/mol. The number of likely N-dealkylation sites (tertiary alicyclic amines) is 1. The van der Waals surface area contributed by atoms with Crippen molar-refractivity contribution in [3.63, 3.8) is 0 Å². The largest absolute Gasteiger partial charge is 0.299 e. The van der Waals surface area contributed by atoms with Crippen molar-refractivity contribution in [2.45, 2.75) is 39.3 Å². The molecule has 2 aromatic heterocycles. The molecule has 0 unspecified atom stereocenters. The number of rotatable bonds is 4. The molecule has 3 heterocycles. The fourth-order valence-electron chi connectivity index (χ4n) is 3.77. The Morgan fingerprint density at radius 3 is 2.50 bits per heavy atom. The van der Waals surface area contributed by atoms with E-state index in [0.29, 0.717) is 6.04 Å². The van der Waals surface area contributed by atoms with Gasteiger partial charge in [0.25, 0.3) is 0 Å². The Labute approximate surface area is 153 Å². The molecule has 0 saturated carbocycles. The van der Waals surface area contributed by atoms with Gasteiger partial charge in [-0.25, -0.2) is 9.07 Å². The highest BCUT2D eigenvalue weighted by Gasteiger charge is 2.22.